The molecule has 0 radical (unpaired) electrons. The molecule has 0 aromatic rings. The Morgan fingerprint density at radius 2 is 1.38 bits per heavy atom. The monoisotopic (exact) mass is 322 g/mol. The van der Waals surface area contributed by atoms with Crippen LogP contribution in [0.3, 0.4) is 0 Å². The summed E-state index contributed by atoms with van der Waals surface area (Å²) >= 11 is 0. The van der Waals surface area contributed by atoms with Gasteiger partial charge in [0.05, 0.1) is 12.2 Å². The van der Waals surface area contributed by atoms with E-state index >= 15 is 0 Å². The molecule has 1 heterocycles. The summed E-state index contributed by atoms with van der Waals surface area (Å²) in [5.41, 5.74) is 0. The molecule has 2 nitrogen and oxygen atoms in total. The highest BCUT2D eigenvalue weighted by Gasteiger charge is 2.78. The molecule has 1 aliphatic heterocycles. The van der Waals surface area contributed by atoms with E-state index in [-0.39, 0.29) is 6.42 Å². The SMILES string of the molecule is CCCCCCC[C@@H]1OC(C(F)(F)F)(C(F)(F)F)O[C@H]1C. The zero-order chi connectivity index (χ0) is 16.3. The Labute approximate surface area is 119 Å². The van der Waals surface area contributed by atoms with Gasteiger partial charge in [0.1, 0.15) is 0 Å². The fourth-order valence-electron chi connectivity index (χ4n) is 2.35. The van der Waals surface area contributed by atoms with E-state index in [9.17, 15) is 26.3 Å². The Hall–Kier alpha value is -0.500. The number of unbranched alkanes of at least 4 members (excludes halogenated alkanes) is 4. The van der Waals surface area contributed by atoms with Gasteiger partial charge in [-0.25, -0.2) is 0 Å². The summed E-state index contributed by atoms with van der Waals surface area (Å²) in [6.07, 6.45) is -9.46. The molecule has 0 N–H and O–H groups in total. The van der Waals surface area contributed by atoms with Crippen molar-refractivity contribution in [2.75, 3.05) is 0 Å². The Kier molecular flexibility index (Phi) is 5.94. The average Bonchev–Trinajstić information content (AvgIpc) is 2.67. The van der Waals surface area contributed by atoms with E-state index in [1.54, 1.807) is 0 Å². The summed E-state index contributed by atoms with van der Waals surface area (Å²) in [7, 11) is 0. The van der Waals surface area contributed by atoms with Crippen LogP contribution in [-0.2, 0) is 9.47 Å². The molecule has 0 aromatic carbocycles. The van der Waals surface area contributed by atoms with Crippen LogP contribution in [0, 0.1) is 0 Å². The van der Waals surface area contributed by atoms with E-state index in [0.717, 1.165) is 25.7 Å². The lowest BCUT2D eigenvalue weighted by Crippen LogP contribution is -2.58. The van der Waals surface area contributed by atoms with Crippen molar-refractivity contribution in [2.24, 2.45) is 0 Å². The molecular weight excluding hydrogens is 302 g/mol. The van der Waals surface area contributed by atoms with Gasteiger partial charge >= 0.3 is 18.1 Å². The van der Waals surface area contributed by atoms with Gasteiger partial charge in [-0.2, -0.15) is 26.3 Å². The zero-order valence-electron chi connectivity index (χ0n) is 12.0. The van der Waals surface area contributed by atoms with Crippen LogP contribution in [-0.4, -0.2) is 30.3 Å². The molecule has 0 aromatic heterocycles. The van der Waals surface area contributed by atoms with Gasteiger partial charge in [0, 0.05) is 0 Å². The molecule has 8 heteroatoms. The first kappa shape index (κ1) is 18.5. The molecule has 21 heavy (non-hydrogen) atoms. The van der Waals surface area contributed by atoms with Gasteiger partial charge in [0.15, 0.2) is 0 Å². The summed E-state index contributed by atoms with van der Waals surface area (Å²) in [5, 5.41) is 0. The third-order valence-corrected chi connectivity index (χ3v) is 3.53. The van der Waals surface area contributed by atoms with E-state index < -0.39 is 30.3 Å². The summed E-state index contributed by atoms with van der Waals surface area (Å²) in [5.74, 6) is -4.49. The van der Waals surface area contributed by atoms with Gasteiger partial charge < -0.3 is 9.47 Å². The van der Waals surface area contributed by atoms with E-state index in [2.05, 4.69) is 9.47 Å². The van der Waals surface area contributed by atoms with Crippen molar-refractivity contribution >= 4 is 0 Å². The van der Waals surface area contributed by atoms with Crippen molar-refractivity contribution in [1.29, 1.82) is 0 Å². The molecule has 1 fully saturated rings. The number of rotatable bonds is 6. The highest BCUT2D eigenvalue weighted by atomic mass is 19.4. The van der Waals surface area contributed by atoms with Crippen LogP contribution in [0.1, 0.15) is 52.4 Å². The summed E-state index contributed by atoms with van der Waals surface area (Å²) in [4.78, 5) is 0. The van der Waals surface area contributed by atoms with Gasteiger partial charge in [0.25, 0.3) is 0 Å². The Morgan fingerprint density at radius 3 is 1.81 bits per heavy atom. The molecule has 1 rings (SSSR count). The molecule has 126 valence electrons. The fraction of sp³-hybridized carbons (Fsp3) is 1.00. The Morgan fingerprint density at radius 1 is 0.857 bits per heavy atom. The van der Waals surface area contributed by atoms with Gasteiger partial charge in [0.2, 0.25) is 0 Å². The van der Waals surface area contributed by atoms with Crippen molar-refractivity contribution < 1.29 is 35.8 Å². The van der Waals surface area contributed by atoms with Gasteiger partial charge in [-0.1, -0.05) is 39.0 Å². The summed E-state index contributed by atoms with van der Waals surface area (Å²) < 4.78 is 85.2. The minimum Gasteiger partial charge on any atom is -0.330 e. The number of alkyl halides is 6. The average molecular weight is 322 g/mol. The first-order chi connectivity index (χ1) is 9.55. The van der Waals surface area contributed by atoms with Crippen LogP contribution >= 0.6 is 0 Å². The Balaban J connectivity index is 2.68. The zero-order valence-corrected chi connectivity index (χ0v) is 12.0. The van der Waals surface area contributed by atoms with Crippen LogP contribution in [0.5, 0.6) is 0 Å². The molecule has 0 bridgehead atoms. The second-order valence-corrected chi connectivity index (χ2v) is 5.29. The maximum atomic E-state index is 12.8. The van der Waals surface area contributed by atoms with E-state index in [0.29, 0.717) is 6.42 Å². The smallest absolute Gasteiger partial charge is 0.330 e. The van der Waals surface area contributed by atoms with E-state index in [1.165, 1.54) is 6.92 Å². The maximum Gasteiger partial charge on any atom is 0.453 e. The van der Waals surface area contributed by atoms with Crippen LogP contribution in [0.25, 0.3) is 0 Å². The lowest BCUT2D eigenvalue weighted by Gasteiger charge is -2.31. The van der Waals surface area contributed by atoms with Crippen molar-refractivity contribution in [2.45, 2.75) is 82.7 Å². The first-order valence-electron chi connectivity index (χ1n) is 7.04. The van der Waals surface area contributed by atoms with Crippen LogP contribution < -0.4 is 0 Å². The topological polar surface area (TPSA) is 18.5 Å². The van der Waals surface area contributed by atoms with Crippen LogP contribution in [0.4, 0.5) is 26.3 Å². The Bertz CT molecular complexity index is 312. The molecule has 0 aliphatic carbocycles. The van der Waals surface area contributed by atoms with Gasteiger partial charge in [-0.05, 0) is 13.3 Å². The lowest BCUT2D eigenvalue weighted by molar-refractivity contribution is -0.445. The van der Waals surface area contributed by atoms with Crippen molar-refractivity contribution in [3.8, 4) is 0 Å². The quantitative estimate of drug-likeness (QED) is 0.508. The molecule has 0 amide bonds. The number of hydrogen-bond donors (Lipinski definition) is 0. The third-order valence-electron chi connectivity index (χ3n) is 3.53. The number of hydrogen-bond acceptors (Lipinski definition) is 2. The van der Waals surface area contributed by atoms with Crippen LogP contribution in [0.15, 0.2) is 0 Å². The molecule has 2 atom stereocenters. The van der Waals surface area contributed by atoms with Crippen molar-refractivity contribution in [3.63, 3.8) is 0 Å². The molecule has 1 aliphatic rings. The number of halogens is 6. The van der Waals surface area contributed by atoms with Crippen molar-refractivity contribution in [1.82, 2.24) is 0 Å². The first-order valence-corrected chi connectivity index (χ1v) is 7.04. The second kappa shape index (κ2) is 6.73. The van der Waals surface area contributed by atoms with Gasteiger partial charge in [-0.3, -0.25) is 0 Å². The second-order valence-electron chi connectivity index (χ2n) is 5.29. The molecule has 0 spiro atoms. The van der Waals surface area contributed by atoms with E-state index in [1.807, 2.05) is 6.92 Å². The molecule has 0 unspecified atom stereocenters. The van der Waals surface area contributed by atoms with Crippen molar-refractivity contribution in [3.05, 3.63) is 0 Å². The predicted octanol–water partition coefficient (Wildman–Crippen LogP) is 4.97. The van der Waals surface area contributed by atoms with E-state index in [4.69, 9.17) is 0 Å². The highest BCUT2D eigenvalue weighted by molar-refractivity contribution is 4.95. The minimum atomic E-state index is -5.66. The van der Waals surface area contributed by atoms with Crippen LogP contribution in [0.2, 0.25) is 0 Å². The molecule has 0 saturated carbocycles. The standard InChI is InChI=1S/C13H20F6O2/c1-3-4-5-6-7-8-10-9(2)20-11(21-10,12(14,15)16)13(17,18)19/h9-10H,3-8H2,1-2H3/t9-,10-/m0/s1. The number of ether oxygens (including phenoxy) is 2. The third kappa shape index (κ3) is 4.03. The highest BCUT2D eigenvalue weighted by Crippen LogP contribution is 2.52. The summed E-state index contributed by atoms with van der Waals surface area (Å²) in [6.45, 7) is 3.19. The van der Waals surface area contributed by atoms with Gasteiger partial charge in [-0.15, -0.1) is 0 Å². The fourth-order valence-corrected chi connectivity index (χ4v) is 2.35. The molecular formula is C13H20F6O2. The normalized spacial score (nSPS) is 26.3. The summed E-state index contributed by atoms with van der Waals surface area (Å²) in [6, 6.07) is 0. The largest absolute Gasteiger partial charge is 0.453 e. The maximum absolute atomic E-state index is 12.8. The molecule has 1 saturated heterocycles. The minimum absolute atomic E-state index is 0.124. The lowest BCUT2D eigenvalue weighted by atomic mass is 10.1. The predicted molar refractivity (Wildman–Crippen MR) is 63.6 cm³/mol.